The van der Waals surface area contributed by atoms with E-state index >= 15 is 0 Å². The average molecular weight is 284 g/mol. The Bertz CT molecular complexity index is 329. The number of carbonyl (C=O) groups excluding carboxylic acids is 1. The molecule has 5 nitrogen and oxygen atoms in total. The molecule has 2 unspecified atom stereocenters. The number of likely N-dealkylation sites (tertiary alicyclic amines) is 1. The topological polar surface area (TPSA) is 69.6 Å². The van der Waals surface area contributed by atoms with Crippen molar-refractivity contribution in [2.75, 3.05) is 13.1 Å². The molecule has 5 heteroatoms. The van der Waals surface area contributed by atoms with Gasteiger partial charge in [-0.1, -0.05) is 13.8 Å². The zero-order chi connectivity index (χ0) is 15.1. The molecular formula is C15H28N2O3. The third-order valence-electron chi connectivity index (χ3n) is 4.27. The van der Waals surface area contributed by atoms with E-state index in [2.05, 4.69) is 24.1 Å². The van der Waals surface area contributed by atoms with Gasteiger partial charge in [-0.2, -0.15) is 0 Å². The van der Waals surface area contributed by atoms with Crippen LogP contribution in [0.5, 0.6) is 0 Å². The zero-order valence-electron chi connectivity index (χ0n) is 12.9. The number of hydrogen-bond acceptors (Lipinski definition) is 3. The highest BCUT2D eigenvalue weighted by Gasteiger charge is 2.28. The molecule has 0 aromatic rings. The maximum Gasteiger partial charge on any atom is 0.303 e. The second-order valence-corrected chi connectivity index (χ2v) is 5.80. The number of piperidine rings is 1. The Morgan fingerprint density at radius 3 is 2.55 bits per heavy atom. The quantitative estimate of drug-likeness (QED) is 0.749. The number of aliphatic carboxylic acids is 1. The van der Waals surface area contributed by atoms with Crippen LogP contribution in [0.25, 0.3) is 0 Å². The standard InChI is InChI=1S/C15H28N2O3/c1-4-13(5-2)16-15(20)11(3)17-8-6-7-12(10-17)9-14(18)19/h11-13H,4-10H2,1-3H3,(H,16,20)(H,18,19). The summed E-state index contributed by atoms with van der Waals surface area (Å²) in [5, 5.41) is 12.0. The minimum Gasteiger partial charge on any atom is -0.481 e. The van der Waals surface area contributed by atoms with Gasteiger partial charge in [-0.3, -0.25) is 14.5 Å². The molecule has 0 aliphatic carbocycles. The minimum atomic E-state index is -0.744. The van der Waals surface area contributed by atoms with Crippen molar-refractivity contribution in [1.29, 1.82) is 0 Å². The Morgan fingerprint density at radius 2 is 2.00 bits per heavy atom. The van der Waals surface area contributed by atoms with Crippen molar-refractivity contribution in [2.45, 2.75) is 65.0 Å². The summed E-state index contributed by atoms with van der Waals surface area (Å²) in [5.74, 6) is -0.509. The maximum atomic E-state index is 12.2. The van der Waals surface area contributed by atoms with Gasteiger partial charge in [-0.15, -0.1) is 0 Å². The lowest BCUT2D eigenvalue weighted by Gasteiger charge is -2.36. The van der Waals surface area contributed by atoms with Gasteiger partial charge in [0.1, 0.15) is 0 Å². The number of amides is 1. The number of nitrogens with one attached hydrogen (secondary N) is 1. The SMILES string of the molecule is CCC(CC)NC(=O)C(C)N1CCCC(CC(=O)O)C1. The molecule has 0 radical (unpaired) electrons. The third-order valence-corrected chi connectivity index (χ3v) is 4.27. The van der Waals surface area contributed by atoms with Crippen molar-refractivity contribution >= 4 is 11.9 Å². The molecular weight excluding hydrogens is 256 g/mol. The second-order valence-electron chi connectivity index (χ2n) is 5.80. The molecule has 1 heterocycles. The predicted molar refractivity (Wildman–Crippen MR) is 78.5 cm³/mol. The molecule has 0 spiro atoms. The molecule has 0 aromatic carbocycles. The van der Waals surface area contributed by atoms with Gasteiger partial charge in [-0.05, 0) is 45.1 Å². The van der Waals surface area contributed by atoms with Crippen LogP contribution in [0.2, 0.25) is 0 Å². The molecule has 116 valence electrons. The molecule has 20 heavy (non-hydrogen) atoms. The van der Waals surface area contributed by atoms with Crippen LogP contribution in [-0.4, -0.2) is 47.1 Å². The normalized spacial score (nSPS) is 21.7. The molecule has 2 N–H and O–H groups in total. The fourth-order valence-corrected chi connectivity index (χ4v) is 2.84. The highest BCUT2D eigenvalue weighted by molar-refractivity contribution is 5.81. The van der Waals surface area contributed by atoms with E-state index in [1.54, 1.807) is 0 Å². The monoisotopic (exact) mass is 284 g/mol. The zero-order valence-corrected chi connectivity index (χ0v) is 12.9. The molecule has 1 amide bonds. The van der Waals surface area contributed by atoms with Crippen molar-refractivity contribution in [3.8, 4) is 0 Å². The summed E-state index contributed by atoms with van der Waals surface area (Å²) in [6, 6.07) is 0.0664. The molecule has 0 saturated carbocycles. The summed E-state index contributed by atoms with van der Waals surface area (Å²) in [4.78, 5) is 25.2. The van der Waals surface area contributed by atoms with Crippen LogP contribution >= 0.6 is 0 Å². The van der Waals surface area contributed by atoms with Gasteiger partial charge in [0.05, 0.1) is 6.04 Å². The smallest absolute Gasteiger partial charge is 0.303 e. The molecule has 0 aromatic heterocycles. The summed E-state index contributed by atoms with van der Waals surface area (Å²) < 4.78 is 0. The van der Waals surface area contributed by atoms with Gasteiger partial charge < -0.3 is 10.4 Å². The van der Waals surface area contributed by atoms with E-state index in [1.807, 2.05) is 6.92 Å². The first-order valence-corrected chi connectivity index (χ1v) is 7.74. The van der Waals surface area contributed by atoms with E-state index < -0.39 is 5.97 Å². The van der Waals surface area contributed by atoms with Crippen LogP contribution in [0.4, 0.5) is 0 Å². The third kappa shape index (κ3) is 5.12. The van der Waals surface area contributed by atoms with Gasteiger partial charge in [0.2, 0.25) is 5.91 Å². The van der Waals surface area contributed by atoms with E-state index in [1.165, 1.54) is 0 Å². The Hall–Kier alpha value is -1.10. The number of carboxylic acid groups (broad SMARTS) is 1. The van der Waals surface area contributed by atoms with Crippen LogP contribution in [-0.2, 0) is 9.59 Å². The van der Waals surface area contributed by atoms with E-state index in [0.717, 1.165) is 32.2 Å². The Morgan fingerprint density at radius 1 is 1.35 bits per heavy atom. The predicted octanol–water partition coefficient (Wildman–Crippen LogP) is 1.87. The largest absolute Gasteiger partial charge is 0.481 e. The van der Waals surface area contributed by atoms with Gasteiger partial charge in [0.15, 0.2) is 0 Å². The Kier molecular flexibility index (Phi) is 6.99. The van der Waals surface area contributed by atoms with Crippen LogP contribution in [0.3, 0.4) is 0 Å². The van der Waals surface area contributed by atoms with E-state index in [4.69, 9.17) is 5.11 Å². The summed E-state index contributed by atoms with van der Waals surface area (Å²) >= 11 is 0. The summed E-state index contributed by atoms with van der Waals surface area (Å²) in [5.41, 5.74) is 0. The Labute approximate surface area is 121 Å². The molecule has 1 aliphatic heterocycles. The lowest BCUT2D eigenvalue weighted by atomic mass is 9.94. The van der Waals surface area contributed by atoms with E-state index in [9.17, 15) is 9.59 Å². The maximum absolute atomic E-state index is 12.2. The first-order valence-electron chi connectivity index (χ1n) is 7.74. The van der Waals surface area contributed by atoms with Gasteiger partial charge >= 0.3 is 5.97 Å². The van der Waals surface area contributed by atoms with Gasteiger partial charge in [0, 0.05) is 19.0 Å². The number of nitrogens with zero attached hydrogens (tertiary/aromatic N) is 1. The summed E-state index contributed by atoms with van der Waals surface area (Å²) in [6.07, 6.45) is 4.01. The van der Waals surface area contributed by atoms with Crippen molar-refractivity contribution in [2.24, 2.45) is 5.92 Å². The lowest BCUT2D eigenvalue weighted by molar-refractivity contribution is -0.138. The fourth-order valence-electron chi connectivity index (χ4n) is 2.84. The fraction of sp³-hybridized carbons (Fsp3) is 0.867. The highest BCUT2D eigenvalue weighted by atomic mass is 16.4. The first-order chi connectivity index (χ1) is 9.47. The molecule has 2 atom stereocenters. The van der Waals surface area contributed by atoms with Crippen LogP contribution < -0.4 is 5.32 Å². The van der Waals surface area contributed by atoms with Crippen molar-refractivity contribution in [1.82, 2.24) is 10.2 Å². The van der Waals surface area contributed by atoms with Gasteiger partial charge in [0.25, 0.3) is 0 Å². The molecule has 1 fully saturated rings. The van der Waals surface area contributed by atoms with E-state index in [0.29, 0.717) is 6.54 Å². The van der Waals surface area contributed by atoms with Crippen molar-refractivity contribution < 1.29 is 14.7 Å². The average Bonchev–Trinajstić information content (AvgIpc) is 2.43. The number of carbonyl (C=O) groups is 2. The number of hydrogen-bond donors (Lipinski definition) is 2. The first kappa shape index (κ1) is 17.0. The number of rotatable bonds is 7. The molecule has 1 aliphatic rings. The highest BCUT2D eigenvalue weighted by Crippen LogP contribution is 2.21. The number of carboxylic acids is 1. The molecule has 1 rings (SSSR count). The second kappa shape index (κ2) is 8.25. The van der Waals surface area contributed by atoms with Gasteiger partial charge in [-0.25, -0.2) is 0 Å². The summed E-state index contributed by atoms with van der Waals surface area (Å²) in [6.45, 7) is 7.66. The van der Waals surface area contributed by atoms with E-state index in [-0.39, 0.29) is 30.3 Å². The van der Waals surface area contributed by atoms with Crippen molar-refractivity contribution in [3.63, 3.8) is 0 Å². The molecule has 1 saturated heterocycles. The lowest BCUT2D eigenvalue weighted by Crippen LogP contribution is -2.51. The molecule has 0 bridgehead atoms. The minimum absolute atomic E-state index is 0.0645. The van der Waals surface area contributed by atoms with Crippen LogP contribution in [0, 0.1) is 5.92 Å². The van der Waals surface area contributed by atoms with Crippen molar-refractivity contribution in [3.05, 3.63) is 0 Å². The van der Waals surface area contributed by atoms with Crippen LogP contribution in [0.1, 0.15) is 52.9 Å². The van der Waals surface area contributed by atoms with Crippen LogP contribution in [0.15, 0.2) is 0 Å². The summed E-state index contributed by atoms with van der Waals surface area (Å²) in [7, 11) is 0. The Balaban J connectivity index is 2.50.